The highest BCUT2D eigenvalue weighted by molar-refractivity contribution is 7.27. The number of fused-ring (bicyclic) bond motifs is 1. The number of carboxylic acid groups (broad SMARTS) is 1. The number of carboxylic acids is 1. The second kappa shape index (κ2) is 18.3. The standard InChI is InChI=1S/C49H48N2O2S3/c1-5-7-9-12-20-35-30-38(32-40(50-4)49(52)53)54-48(35)44-31-36(21-13-10-8-6-2)47(56-44)43-29-28-42(55-43)45-39-22-16-17-23-41(39)51(37-26-24-33(3)25-27-37)46(45)34-18-14-11-15-19-34/h11,14-19,22-32H,5-10,12-13,20-21H2,1-3H3,(H,52,53)/b40-32-. The predicted molar refractivity (Wildman–Crippen MR) is 241 cm³/mol. The summed E-state index contributed by atoms with van der Waals surface area (Å²) < 4.78 is 2.43. The molecule has 7 rings (SSSR count). The topological polar surface area (TPSA) is 46.6 Å². The minimum Gasteiger partial charge on any atom is -0.486 e. The third-order valence-corrected chi connectivity index (χ3v) is 14.1. The summed E-state index contributed by atoms with van der Waals surface area (Å²) in [5.41, 5.74) is 9.59. The molecule has 0 aliphatic carbocycles. The molecule has 284 valence electrons. The van der Waals surface area contributed by atoms with Crippen molar-refractivity contribution in [2.24, 2.45) is 0 Å². The molecule has 0 amide bonds. The Morgan fingerprint density at radius 1 is 0.714 bits per heavy atom. The van der Waals surface area contributed by atoms with E-state index in [4.69, 9.17) is 6.57 Å². The number of nitrogens with zero attached hydrogens (tertiary/aromatic N) is 2. The van der Waals surface area contributed by atoms with Gasteiger partial charge in [-0.15, -0.1) is 34.0 Å². The summed E-state index contributed by atoms with van der Waals surface area (Å²) >= 11 is 5.36. The monoisotopic (exact) mass is 792 g/mol. The molecule has 0 saturated carbocycles. The smallest absolute Gasteiger partial charge is 0.333 e. The molecule has 0 aliphatic rings. The Kier molecular flexibility index (Phi) is 12.8. The number of benzene rings is 3. The van der Waals surface area contributed by atoms with E-state index in [1.54, 1.807) is 17.4 Å². The van der Waals surface area contributed by atoms with E-state index >= 15 is 0 Å². The molecule has 56 heavy (non-hydrogen) atoms. The van der Waals surface area contributed by atoms with Crippen LogP contribution in [0.4, 0.5) is 0 Å². The summed E-state index contributed by atoms with van der Waals surface area (Å²) in [5.74, 6) is -1.18. The van der Waals surface area contributed by atoms with Crippen LogP contribution in [0, 0.1) is 13.5 Å². The molecule has 4 heterocycles. The quantitative estimate of drug-likeness (QED) is 0.0567. The van der Waals surface area contributed by atoms with Crippen LogP contribution in [0.3, 0.4) is 0 Å². The Labute approximate surface area is 343 Å². The molecule has 7 aromatic rings. The lowest BCUT2D eigenvalue weighted by Crippen LogP contribution is -1.97. The zero-order valence-electron chi connectivity index (χ0n) is 32.4. The van der Waals surface area contributed by atoms with Crippen LogP contribution in [0.25, 0.3) is 68.7 Å². The van der Waals surface area contributed by atoms with Gasteiger partial charge in [0.2, 0.25) is 0 Å². The first kappa shape index (κ1) is 39.2. The van der Waals surface area contributed by atoms with Crippen molar-refractivity contribution in [1.82, 2.24) is 4.57 Å². The molecule has 0 unspecified atom stereocenters. The number of hydrogen-bond donors (Lipinski definition) is 1. The van der Waals surface area contributed by atoms with Gasteiger partial charge in [-0.3, -0.25) is 4.79 Å². The van der Waals surface area contributed by atoms with E-state index in [-0.39, 0.29) is 5.70 Å². The fourth-order valence-corrected chi connectivity index (χ4v) is 11.2. The van der Waals surface area contributed by atoms with Crippen molar-refractivity contribution in [2.45, 2.75) is 85.0 Å². The molecule has 0 atom stereocenters. The lowest BCUT2D eigenvalue weighted by atomic mass is 10.0. The summed E-state index contributed by atoms with van der Waals surface area (Å²) in [6, 6.07) is 37.6. The number of aryl methyl sites for hydroxylation is 3. The molecule has 4 aromatic heterocycles. The zero-order valence-corrected chi connectivity index (χ0v) is 34.9. The lowest BCUT2D eigenvalue weighted by Gasteiger charge is -2.13. The number of rotatable bonds is 17. The van der Waals surface area contributed by atoms with E-state index in [2.05, 4.69) is 133 Å². The molecule has 0 bridgehead atoms. The summed E-state index contributed by atoms with van der Waals surface area (Å²) in [7, 11) is 0. The van der Waals surface area contributed by atoms with Crippen molar-refractivity contribution in [3.8, 4) is 46.9 Å². The van der Waals surface area contributed by atoms with Crippen LogP contribution in [-0.4, -0.2) is 15.6 Å². The number of thiophene rings is 3. The van der Waals surface area contributed by atoms with Crippen molar-refractivity contribution < 1.29 is 9.90 Å². The van der Waals surface area contributed by atoms with E-state index in [0.29, 0.717) is 0 Å². The molecule has 3 aromatic carbocycles. The third-order valence-electron chi connectivity index (χ3n) is 10.4. The number of unbranched alkanes of at least 4 members (excludes halogenated alkanes) is 6. The van der Waals surface area contributed by atoms with Crippen LogP contribution in [0.2, 0.25) is 0 Å². The highest BCUT2D eigenvalue weighted by Crippen LogP contribution is 2.50. The van der Waals surface area contributed by atoms with Gasteiger partial charge in [0, 0.05) is 45.9 Å². The molecule has 0 fully saturated rings. The first-order valence-electron chi connectivity index (χ1n) is 19.8. The summed E-state index contributed by atoms with van der Waals surface area (Å²) in [4.78, 5) is 22.2. The average Bonchev–Trinajstić information content (AvgIpc) is 4.02. The average molecular weight is 793 g/mol. The van der Waals surface area contributed by atoms with E-state index in [9.17, 15) is 9.90 Å². The molecule has 1 N–H and O–H groups in total. The fraction of sp³-hybridized carbons (Fsp3) is 0.265. The predicted octanol–water partition coefficient (Wildman–Crippen LogP) is 15.4. The largest absolute Gasteiger partial charge is 0.486 e. The van der Waals surface area contributed by atoms with Crippen LogP contribution >= 0.6 is 34.0 Å². The lowest BCUT2D eigenvalue weighted by molar-refractivity contribution is -0.132. The molecular formula is C49H48N2O2S3. The maximum Gasteiger partial charge on any atom is 0.333 e. The first-order chi connectivity index (χ1) is 27.4. The molecule has 0 spiro atoms. The number of aliphatic carboxylic acids is 1. The second-order valence-electron chi connectivity index (χ2n) is 14.5. The summed E-state index contributed by atoms with van der Waals surface area (Å²) in [6.07, 6.45) is 12.9. The fourth-order valence-electron chi connectivity index (χ4n) is 7.53. The van der Waals surface area contributed by atoms with Crippen LogP contribution in [0.15, 0.2) is 109 Å². The number of para-hydroxylation sites is 1. The van der Waals surface area contributed by atoms with Gasteiger partial charge in [0.05, 0.1) is 17.8 Å². The highest BCUT2D eigenvalue weighted by atomic mass is 32.1. The Bertz CT molecular complexity index is 2500. The van der Waals surface area contributed by atoms with E-state index < -0.39 is 5.97 Å². The number of hydrogen-bond acceptors (Lipinski definition) is 4. The normalized spacial score (nSPS) is 11.7. The van der Waals surface area contributed by atoms with Crippen LogP contribution in [-0.2, 0) is 17.6 Å². The Hall–Kier alpha value is -5.00. The summed E-state index contributed by atoms with van der Waals surface area (Å²) in [6.45, 7) is 14.1. The first-order valence-corrected chi connectivity index (χ1v) is 22.3. The van der Waals surface area contributed by atoms with Gasteiger partial charge in [-0.1, -0.05) is 119 Å². The van der Waals surface area contributed by atoms with Gasteiger partial charge in [0.25, 0.3) is 5.70 Å². The van der Waals surface area contributed by atoms with Crippen LogP contribution < -0.4 is 0 Å². The van der Waals surface area contributed by atoms with Crippen molar-refractivity contribution in [3.63, 3.8) is 0 Å². The SMILES string of the molecule is [C-]#[N+]/C(=C\c1cc(CCCCCC)c(-c2cc(CCCCCC)c(-c3ccc(-c4c(-c5ccccc5)n(-c5ccc(C)cc5)c5ccccc45)s3)s2)s1)C(=O)O. The Morgan fingerprint density at radius 3 is 2.04 bits per heavy atom. The molecule has 0 radical (unpaired) electrons. The number of carbonyl (C=O) groups is 1. The van der Waals surface area contributed by atoms with Crippen molar-refractivity contribution in [3.05, 3.63) is 142 Å². The van der Waals surface area contributed by atoms with E-state index in [1.807, 2.05) is 22.7 Å². The molecular weight excluding hydrogens is 745 g/mol. The molecule has 0 aliphatic heterocycles. The van der Waals surface area contributed by atoms with Crippen LogP contribution in [0.5, 0.6) is 0 Å². The van der Waals surface area contributed by atoms with Gasteiger partial charge in [-0.2, -0.15) is 0 Å². The van der Waals surface area contributed by atoms with Crippen LogP contribution in [0.1, 0.15) is 86.8 Å². The minimum atomic E-state index is -1.18. The van der Waals surface area contributed by atoms with Gasteiger partial charge >= 0.3 is 5.97 Å². The number of aromatic nitrogens is 1. The molecule has 0 saturated heterocycles. The molecule has 4 nitrogen and oxygen atoms in total. The third kappa shape index (κ3) is 8.54. The van der Waals surface area contributed by atoms with Gasteiger partial charge in [0.1, 0.15) is 0 Å². The zero-order chi connectivity index (χ0) is 39.0. The van der Waals surface area contributed by atoms with E-state index in [0.717, 1.165) is 36.2 Å². The van der Waals surface area contributed by atoms with Gasteiger partial charge in [-0.05, 0) is 97.8 Å². The molecule has 7 heteroatoms. The van der Waals surface area contributed by atoms with E-state index in [1.165, 1.54) is 107 Å². The van der Waals surface area contributed by atoms with Crippen molar-refractivity contribution >= 4 is 57.0 Å². The highest BCUT2D eigenvalue weighted by Gasteiger charge is 2.24. The van der Waals surface area contributed by atoms with Gasteiger partial charge in [-0.25, -0.2) is 4.85 Å². The maximum absolute atomic E-state index is 11.8. The van der Waals surface area contributed by atoms with Crippen molar-refractivity contribution in [1.29, 1.82) is 0 Å². The van der Waals surface area contributed by atoms with Gasteiger partial charge < -0.3 is 9.67 Å². The Balaban J connectivity index is 1.36. The van der Waals surface area contributed by atoms with Gasteiger partial charge in [0.15, 0.2) is 0 Å². The van der Waals surface area contributed by atoms with Crippen molar-refractivity contribution in [2.75, 3.05) is 0 Å². The Morgan fingerprint density at radius 2 is 1.36 bits per heavy atom. The second-order valence-corrected chi connectivity index (χ2v) is 17.7. The maximum atomic E-state index is 11.8. The summed E-state index contributed by atoms with van der Waals surface area (Å²) in [5, 5.41) is 10.9. The minimum absolute atomic E-state index is 0.247.